The molecule has 3 aromatic carbocycles. The van der Waals surface area contributed by atoms with E-state index in [-0.39, 0.29) is 16.9 Å². The van der Waals surface area contributed by atoms with Crippen LogP contribution in [0.15, 0.2) is 84.6 Å². The number of Topliss-reactive ketones (excluding diaryl/α,β-unsaturated/α-hetero) is 1. The van der Waals surface area contributed by atoms with E-state index in [0.717, 1.165) is 37.1 Å². The van der Waals surface area contributed by atoms with Gasteiger partial charge in [-0.1, -0.05) is 36.4 Å². The Bertz CT molecular complexity index is 1520. The van der Waals surface area contributed by atoms with Crippen LogP contribution in [-0.4, -0.2) is 34.9 Å². The van der Waals surface area contributed by atoms with Crippen LogP contribution in [0.5, 0.6) is 0 Å². The van der Waals surface area contributed by atoms with Crippen molar-refractivity contribution in [3.05, 3.63) is 102 Å². The van der Waals surface area contributed by atoms with Crippen LogP contribution in [0.2, 0.25) is 0 Å². The summed E-state index contributed by atoms with van der Waals surface area (Å²) in [7, 11) is 0. The second-order valence-corrected chi connectivity index (χ2v) is 9.15. The molecule has 2 N–H and O–H groups in total. The lowest BCUT2D eigenvalue weighted by atomic mass is 9.94. The highest BCUT2D eigenvalue weighted by molar-refractivity contribution is 6.51. The SMILES string of the molecule is O=C1C(=O)N(c2ccc(N3CCCC3)cc2)C(c2ccccc2F)/C1=C(\O)c1c[nH]c2ccccc12. The maximum atomic E-state index is 15.1. The van der Waals surface area contributed by atoms with Crippen molar-refractivity contribution in [2.24, 2.45) is 0 Å². The number of ketones is 1. The van der Waals surface area contributed by atoms with Crippen molar-refractivity contribution in [1.29, 1.82) is 0 Å². The van der Waals surface area contributed by atoms with Crippen molar-refractivity contribution in [1.82, 2.24) is 4.98 Å². The van der Waals surface area contributed by atoms with Gasteiger partial charge in [-0.25, -0.2) is 4.39 Å². The van der Waals surface area contributed by atoms with Gasteiger partial charge in [0, 0.05) is 52.7 Å². The minimum atomic E-state index is -1.11. The first kappa shape index (κ1) is 22.1. The zero-order valence-electron chi connectivity index (χ0n) is 19.4. The number of aromatic nitrogens is 1. The molecule has 2 fully saturated rings. The molecule has 1 aromatic heterocycles. The monoisotopic (exact) mass is 481 g/mol. The topological polar surface area (TPSA) is 76.6 Å². The largest absolute Gasteiger partial charge is 0.507 e. The van der Waals surface area contributed by atoms with Crippen molar-refractivity contribution in [2.75, 3.05) is 22.9 Å². The molecule has 6 nitrogen and oxygen atoms in total. The van der Waals surface area contributed by atoms with Crippen LogP contribution in [0.1, 0.15) is 30.0 Å². The summed E-state index contributed by atoms with van der Waals surface area (Å²) in [6.45, 7) is 1.95. The molecule has 3 heterocycles. The first-order valence-corrected chi connectivity index (χ1v) is 12.0. The molecule has 1 unspecified atom stereocenters. The average molecular weight is 482 g/mol. The van der Waals surface area contributed by atoms with E-state index in [1.54, 1.807) is 36.5 Å². The van der Waals surface area contributed by atoms with Gasteiger partial charge in [-0.3, -0.25) is 14.5 Å². The fourth-order valence-corrected chi connectivity index (χ4v) is 5.30. The predicted molar refractivity (Wildman–Crippen MR) is 137 cm³/mol. The second-order valence-electron chi connectivity index (χ2n) is 9.15. The van der Waals surface area contributed by atoms with Gasteiger partial charge in [0.1, 0.15) is 11.6 Å². The Morgan fingerprint density at radius 1 is 0.889 bits per heavy atom. The van der Waals surface area contributed by atoms with Gasteiger partial charge in [0.25, 0.3) is 11.7 Å². The Morgan fingerprint density at radius 2 is 1.56 bits per heavy atom. The summed E-state index contributed by atoms with van der Waals surface area (Å²) in [6, 6.07) is 19.6. The predicted octanol–water partition coefficient (Wildman–Crippen LogP) is 5.53. The van der Waals surface area contributed by atoms with Gasteiger partial charge in [-0.05, 0) is 49.2 Å². The van der Waals surface area contributed by atoms with Gasteiger partial charge < -0.3 is 15.0 Å². The van der Waals surface area contributed by atoms with E-state index in [2.05, 4.69) is 9.88 Å². The summed E-state index contributed by atoms with van der Waals surface area (Å²) in [6.07, 6.45) is 3.87. The highest BCUT2D eigenvalue weighted by Gasteiger charge is 2.48. The van der Waals surface area contributed by atoms with Gasteiger partial charge >= 0.3 is 0 Å². The number of amides is 1. The molecular weight excluding hydrogens is 457 g/mol. The minimum Gasteiger partial charge on any atom is -0.507 e. The molecule has 7 heteroatoms. The van der Waals surface area contributed by atoms with Gasteiger partial charge in [0.05, 0.1) is 11.6 Å². The first-order valence-electron chi connectivity index (χ1n) is 12.0. The quantitative estimate of drug-likeness (QED) is 0.228. The number of H-pyrrole nitrogens is 1. The molecule has 36 heavy (non-hydrogen) atoms. The number of para-hydroxylation sites is 1. The highest BCUT2D eigenvalue weighted by Crippen LogP contribution is 2.44. The summed E-state index contributed by atoms with van der Waals surface area (Å²) < 4.78 is 15.1. The number of anilines is 2. The number of aliphatic hydroxyl groups excluding tert-OH is 1. The van der Waals surface area contributed by atoms with E-state index in [4.69, 9.17) is 0 Å². The minimum absolute atomic E-state index is 0.140. The third-order valence-corrected chi connectivity index (χ3v) is 7.09. The normalized spacial score (nSPS) is 19.5. The van der Waals surface area contributed by atoms with Crippen LogP contribution in [0.25, 0.3) is 16.7 Å². The number of hydrogen-bond donors (Lipinski definition) is 2. The van der Waals surface area contributed by atoms with Gasteiger partial charge in [-0.15, -0.1) is 0 Å². The van der Waals surface area contributed by atoms with Crippen molar-refractivity contribution < 1.29 is 19.1 Å². The van der Waals surface area contributed by atoms with Crippen molar-refractivity contribution in [3.63, 3.8) is 0 Å². The molecule has 4 aromatic rings. The molecule has 0 bridgehead atoms. The number of aliphatic hydroxyl groups is 1. The lowest BCUT2D eigenvalue weighted by Gasteiger charge is -2.26. The molecule has 0 saturated carbocycles. The van der Waals surface area contributed by atoms with Crippen LogP contribution in [0, 0.1) is 5.82 Å². The molecule has 0 spiro atoms. The number of carbonyl (C=O) groups is 2. The van der Waals surface area contributed by atoms with E-state index in [1.807, 2.05) is 36.4 Å². The molecule has 2 aliphatic heterocycles. The van der Waals surface area contributed by atoms with E-state index in [9.17, 15) is 14.7 Å². The summed E-state index contributed by atoms with van der Waals surface area (Å²) in [5.74, 6) is -2.56. The van der Waals surface area contributed by atoms with E-state index in [0.29, 0.717) is 16.6 Å². The summed E-state index contributed by atoms with van der Waals surface area (Å²) in [5, 5.41) is 12.1. The van der Waals surface area contributed by atoms with Crippen molar-refractivity contribution in [3.8, 4) is 0 Å². The van der Waals surface area contributed by atoms with E-state index < -0.39 is 23.5 Å². The van der Waals surface area contributed by atoms with Crippen LogP contribution in [0.4, 0.5) is 15.8 Å². The Balaban J connectivity index is 1.51. The average Bonchev–Trinajstić information content (AvgIpc) is 3.64. The molecule has 6 rings (SSSR count). The number of fused-ring (bicyclic) bond motifs is 1. The standard InChI is InChI=1S/C29H24FN3O3/c30-23-9-3-1-8-21(23)26-25(27(34)22-17-31-24-10-4-2-7-20(22)24)28(35)29(36)33(26)19-13-11-18(12-14-19)32-15-5-6-16-32/h1-4,7-14,17,26,31,34H,5-6,15-16H2/b27-25+. The van der Waals surface area contributed by atoms with Gasteiger partial charge in [0.2, 0.25) is 0 Å². The smallest absolute Gasteiger partial charge is 0.300 e. The number of carbonyl (C=O) groups excluding carboxylic acids is 2. The highest BCUT2D eigenvalue weighted by atomic mass is 19.1. The molecule has 0 radical (unpaired) electrons. The molecule has 1 atom stereocenters. The van der Waals surface area contributed by atoms with Gasteiger partial charge in [0.15, 0.2) is 0 Å². The van der Waals surface area contributed by atoms with E-state index in [1.165, 1.54) is 11.0 Å². The van der Waals surface area contributed by atoms with Crippen LogP contribution in [0.3, 0.4) is 0 Å². The van der Waals surface area contributed by atoms with Crippen molar-refractivity contribution >= 4 is 39.7 Å². The number of aromatic amines is 1. The maximum Gasteiger partial charge on any atom is 0.300 e. The lowest BCUT2D eigenvalue weighted by molar-refractivity contribution is -0.132. The van der Waals surface area contributed by atoms with E-state index >= 15 is 4.39 Å². The number of nitrogens with one attached hydrogen (secondary N) is 1. The number of halogens is 1. The van der Waals surface area contributed by atoms with Crippen LogP contribution in [-0.2, 0) is 9.59 Å². The second kappa shape index (κ2) is 8.68. The first-order chi connectivity index (χ1) is 17.5. The third-order valence-electron chi connectivity index (χ3n) is 7.09. The number of nitrogens with zero attached hydrogens (tertiary/aromatic N) is 2. The fourth-order valence-electron chi connectivity index (χ4n) is 5.30. The zero-order chi connectivity index (χ0) is 24.8. The Hall–Kier alpha value is -4.39. The molecule has 2 saturated heterocycles. The summed E-state index contributed by atoms with van der Waals surface area (Å²) in [4.78, 5) is 33.4. The van der Waals surface area contributed by atoms with Crippen LogP contribution < -0.4 is 9.80 Å². The maximum absolute atomic E-state index is 15.1. The molecule has 0 aliphatic carbocycles. The van der Waals surface area contributed by atoms with Gasteiger partial charge in [-0.2, -0.15) is 0 Å². The summed E-state index contributed by atoms with van der Waals surface area (Å²) >= 11 is 0. The number of rotatable bonds is 4. The summed E-state index contributed by atoms with van der Waals surface area (Å²) in [5.41, 5.74) is 2.66. The zero-order valence-corrected chi connectivity index (χ0v) is 19.4. The molecule has 2 aliphatic rings. The Labute approximate surface area is 207 Å². The molecule has 1 amide bonds. The Kier molecular flexibility index (Phi) is 5.33. The number of hydrogen-bond acceptors (Lipinski definition) is 4. The van der Waals surface area contributed by atoms with Crippen molar-refractivity contribution in [2.45, 2.75) is 18.9 Å². The third kappa shape index (κ3) is 3.47. The Morgan fingerprint density at radius 3 is 2.31 bits per heavy atom. The van der Waals surface area contributed by atoms with Crippen LogP contribution >= 0.6 is 0 Å². The molecule has 180 valence electrons. The lowest BCUT2D eigenvalue weighted by Crippen LogP contribution is -2.30. The fraction of sp³-hybridized carbons (Fsp3) is 0.172. The number of benzene rings is 3. The molecular formula is C29H24FN3O3.